The van der Waals surface area contributed by atoms with Gasteiger partial charge in [-0.3, -0.25) is 4.79 Å². The summed E-state index contributed by atoms with van der Waals surface area (Å²) in [5.41, 5.74) is 2.20. The number of amides is 1. The minimum absolute atomic E-state index is 0.211. The Hall–Kier alpha value is -2.69. The smallest absolute Gasteiger partial charge is 0.224 e. The quantitative estimate of drug-likeness (QED) is 0.879. The molecule has 0 unspecified atom stereocenters. The predicted octanol–water partition coefficient (Wildman–Crippen LogP) is 2.85. The molecule has 1 N–H and O–H groups in total. The molecule has 0 aromatic heterocycles. The number of nitrogens with one attached hydrogen (secondary N) is 1. The number of hydrogen-bond acceptors (Lipinski definition) is 4. The largest absolute Gasteiger partial charge is 0.497 e. The number of piperazine rings is 1. The number of carbonyl (C=O) groups excluding carboxylic acids is 1. The minimum Gasteiger partial charge on any atom is -0.497 e. The van der Waals surface area contributed by atoms with Crippen molar-refractivity contribution in [2.75, 3.05) is 50.1 Å². The molecule has 0 atom stereocenters. The van der Waals surface area contributed by atoms with E-state index >= 15 is 0 Å². The lowest BCUT2D eigenvalue weighted by atomic mass is 10.2. The van der Waals surface area contributed by atoms with Crippen LogP contribution in [0.3, 0.4) is 0 Å². The Morgan fingerprint density at radius 3 is 2.52 bits per heavy atom. The van der Waals surface area contributed by atoms with Gasteiger partial charge in [-0.05, 0) is 24.3 Å². The topological polar surface area (TPSA) is 44.8 Å². The lowest BCUT2D eigenvalue weighted by Gasteiger charge is -2.36. The van der Waals surface area contributed by atoms with E-state index in [1.165, 1.54) is 5.69 Å². The van der Waals surface area contributed by atoms with E-state index in [-0.39, 0.29) is 5.91 Å². The van der Waals surface area contributed by atoms with Gasteiger partial charge in [0.2, 0.25) is 5.91 Å². The third-order valence-corrected chi connectivity index (χ3v) is 4.49. The molecule has 1 aliphatic rings. The van der Waals surface area contributed by atoms with Gasteiger partial charge >= 0.3 is 0 Å². The van der Waals surface area contributed by atoms with Crippen LogP contribution in [0.4, 0.5) is 11.4 Å². The second-order valence-corrected chi connectivity index (χ2v) is 6.11. The summed E-state index contributed by atoms with van der Waals surface area (Å²) in [5.74, 6) is 1.02. The summed E-state index contributed by atoms with van der Waals surface area (Å²) >= 11 is 0. The third-order valence-electron chi connectivity index (χ3n) is 4.49. The van der Waals surface area contributed by atoms with Gasteiger partial charge in [0.15, 0.2) is 0 Å². The maximum Gasteiger partial charge on any atom is 0.224 e. The molecule has 1 aliphatic heterocycles. The van der Waals surface area contributed by atoms with Crippen molar-refractivity contribution in [3.63, 3.8) is 0 Å². The number of ether oxygens (including phenoxy) is 1. The highest BCUT2D eigenvalue weighted by atomic mass is 16.5. The molecule has 1 heterocycles. The first kappa shape index (κ1) is 17.1. The fourth-order valence-electron chi connectivity index (χ4n) is 3.06. The molecule has 25 heavy (non-hydrogen) atoms. The van der Waals surface area contributed by atoms with E-state index in [4.69, 9.17) is 4.74 Å². The molecular weight excluding hydrogens is 314 g/mol. The summed E-state index contributed by atoms with van der Waals surface area (Å²) in [6, 6.07) is 18.1. The van der Waals surface area contributed by atoms with Gasteiger partial charge in [-0.2, -0.15) is 0 Å². The minimum atomic E-state index is 0.211. The zero-order valence-electron chi connectivity index (χ0n) is 14.6. The molecule has 0 aliphatic carbocycles. The summed E-state index contributed by atoms with van der Waals surface area (Å²) in [5, 5.41) is 3.29. The van der Waals surface area contributed by atoms with Crippen LogP contribution < -0.4 is 15.0 Å². The van der Waals surface area contributed by atoms with Gasteiger partial charge in [0, 0.05) is 56.6 Å². The van der Waals surface area contributed by atoms with Crippen molar-refractivity contribution < 1.29 is 9.53 Å². The standard InChI is InChI=1S/C20H25N3O2/c1-25-19-9-5-6-17(16-19)21-11-10-20(24)23-14-12-22(13-15-23)18-7-3-2-4-8-18/h2-9,16,21H,10-15H2,1H3. The van der Waals surface area contributed by atoms with E-state index in [1.54, 1.807) is 7.11 Å². The molecule has 132 valence electrons. The van der Waals surface area contributed by atoms with Crippen LogP contribution in [-0.2, 0) is 4.79 Å². The van der Waals surface area contributed by atoms with E-state index in [0.29, 0.717) is 13.0 Å². The second-order valence-electron chi connectivity index (χ2n) is 6.11. The van der Waals surface area contributed by atoms with Gasteiger partial charge in [-0.15, -0.1) is 0 Å². The Kier molecular flexibility index (Phi) is 5.77. The number of hydrogen-bond donors (Lipinski definition) is 1. The molecule has 0 spiro atoms. The molecule has 1 amide bonds. The van der Waals surface area contributed by atoms with Gasteiger partial charge in [-0.25, -0.2) is 0 Å². The molecule has 5 heteroatoms. The van der Waals surface area contributed by atoms with Crippen LogP contribution in [0.2, 0.25) is 0 Å². The molecule has 2 aromatic rings. The summed E-state index contributed by atoms with van der Waals surface area (Å²) in [6.07, 6.45) is 0.503. The van der Waals surface area contributed by atoms with E-state index in [2.05, 4.69) is 34.5 Å². The Balaban J connectivity index is 1.42. The monoisotopic (exact) mass is 339 g/mol. The van der Waals surface area contributed by atoms with Crippen LogP contribution in [0.5, 0.6) is 5.75 Å². The maximum absolute atomic E-state index is 12.4. The van der Waals surface area contributed by atoms with Crippen molar-refractivity contribution in [2.45, 2.75) is 6.42 Å². The van der Waals surface area contributed by atoms with E-state index in [1.807, 2.05) is 35.2 Å². The molecule has 1 fully saturated rings. The summed E-state index contributed by atoms with van der Waals surface area (Å²) in [7, 11) is 1.65. The van der Waals surface area contributed by atoms with Crippen molar-refractivity contribution >= 4 is 17.3 Å². The van der Waals surface area contributed by atoms with Crippen molar-refractivity contribution in [2.24, 2.45) is 0 Å². The normalized spacial score (nSPS) is 14.3. The summed E-state index contributed by atoms with van der Waals surface area (Å²) < 4.78 is 5.20. The Morgan fingerprint density at radius 1 is 1.04 bits per heavy atom. The number of methoxy groups -OCH3 is 1. The molecule has 3 rings (SSSR count). The lowest BCUT2D eigenvalue weighted by Crippen LogP contribution is -2.49. The number of para-hydroxylation sites is 1. The van der Waals surface area contributed by atoms with Gasteiger partial charge in [0.05, 0.1) is 7.11 Å². The average molecular weight is 339 g/mol. The molecule has 2 aromatic carbocycles. The Bertz CT molecular complexity index is 682. The number of carbonyl (C=O) groups is 1. The van der Waals surface area contributed by atoms with Gasteiger partial charge in [0.1, 0.15) is 5.75 Å². The zero-order valence-corrected chi connectivity index (χ0v) is 14.6. The van der Waals surface area contributed by atoms with Crippen LogP contribution in [0.25, 0.3) is 0 Å². The van der Waals surface area contributed by atoms with Crippen LogP contribution in [0, 0.1) is 0 Å². The SMILES string of the molecule is COc1cccc(NCCC(=O)N2CCN(c3ccccc3)CC2)c1. The van der Waals surface area contributed by atoms with Crippen molar-refractivity contribution in [1.29, 1.82) is 0 Å². The summed E-state index contributed by atoms with van der Waals surface area (Å²) in [4.78, 5) is 16.7. The van der Waals surface area contributed by atoms with E-state index in [0.717, 1.165) is 37.6 Å². The number of rotatable bonds is 6. The Labute approximate surface area is 149 Å². The zero-order chi connectivity index (χ0) is 17.5. The van der Waals surface area contributed by atoms with Crippen LogP contribution in [0.15, 0.2) is 54.6 Å². The van der Waals surface area contributed by atoms with Crippen molar-refractivity contribution in [1.82, 2.24) is 4.90 Å². The fraction of sp³-hybridized carbons (Fsp3) is 0.350. The van der Waals surface area contributed by atoms with Gasteiger partial charge < -0.3 is 19.9 Å². The maximum atomic E-state index is 12.4. The number of benzene rings is 2. The molecule has 0 bridgehead atoms. The molecule has 0 saturated carbocycles. The molecule has 0 radical (unpaired) electrons. The van der Waals surface area contributed by atoms with Crippen LogP contribution in [0.1, 0.15) is 6.42 Å². The fourth-order valence-corrected chi connectivity index (χ4v) is 3.06. The first-order chi connectivity index (χ1) is 12.3. The third kappa shape index (κ3) is 4.66. The second kappa shape index (κ2) is 8.42. The Morgan fingerprint density at radius 2 is 1.80 bits per heavy atom. The van der Waals surface area contributed by atoms with Crippen LogP contribution in [-0.4, -0.2) is 50.6 Å². The van der Waals surface area contributed by atoms with Gasteiger partial charge in [-0.1, -0.05) is 24.3 Å². The predicted molar refractivity (Wildman–Crippen MR) is 101 cm³/mol. The summed E-state index contributed by atoms with van der Waals surface area (Å²) in [6.45, 7) is 3.98. The average Bonchev–Trinajstić information content (AvgIpc) is 2.69. The molecular formula is C20H25N3O2. The molecule has 5 nitrogen and oxygen atoms in total. The highest BCUT2D eigenvalue weighted by Gasteiger charge is 2.20. The van der Waals surface area contributed by atoms with Crippen LogP contribution >= 0.6 is 0 Å². The van der Waals surface area contributed by atoms with E-state index < -0.39 is 0 Å². The highest BCUT2D eigenvalue weighted by Crippen LogP contribution is 2.17. The van der Waals surface area contributed by atoms with E-state index in [9.17, 15) is 4.79 Å². The van der Waals surface area contributed by atoms with Crippen molar-refractivity contribution in [3.8, 4) is 5.75 Å². The lowest BCUT2D eigenvalue weighted by molar-refractivity contribution is -0.131. The number of anilines is 2. The first-order valence-corrected chi connectivity index (χ1v) is 8.72. The first-order valence-electron chi connectivity index (χ1n) is 8.72. The highest BCUT2D eigenvalue weighted by molar-refractivity contribution is 5.77. The van der Waals surface area contributed by atoms with Gasteiger partial charge in [0.25, 0.3) is 0 Å². The molecule has 1 saturated heterocycles. The number of nitrogens with zero attached hydrogens (tertiary/aromatic N) is 2. The van der Waals surface area contributed by atoms with Crippen molar-refractivity contribution in [3.05, 3.63) is 54.6 Å².